The molecule has 6 heteroatoms. The van der Waals surface area contributed by atoms with Gasteiger partial charge in [0.15, 0.2) is 0 Å². The first-order valence-corrected chi connectivity index (χ1v) is 7.67. The van der Waals surface area contributed by atoms with Crippen LogP contribution in [-0.2, 0) is 11.3 Å². The van der Waals surface area contributed by atoms with Crippen molar-refractivity contribution in [3.63, 3.8) is 0 Å². The van der Waals surface area contributed by atoms with E-state index in [1.54, 1.807) is 12.7 Å². The second-order valence-electron chi connectivity index (χ2n) is 6.35. The number of hydrogen-bond acceptors (Lipinski definition) is 4. The van der Waals surface area contributed by atoms with E-state index in [-0.39, 0.29) is 11.4 Å². The van der Waals surface area contributed by atoms with E-state index >= 15 is 0 Å². The normalized spacial score (nSPS) is 28.7. The first-order chi connectivity index (χ1) is 10.7. The maximum absolute atomic E-state index is 13.0. The number of likely N-dealkylation sites (tertiary alicyclic amines) is 1. The van der Waals surface area contributed by atoms with Gasteiger partial charge in [-0.2, -0.15) is 0 Å². The van der Waals surface area contributed by atoms with Crippen molar-refractivity contribution in [2.45, 2.75) is 31.0 Å². The molecule has 4 rings (SSSR count). The van der Waals surface area contributed by atoms with Crippen molar-refractivity contribution in [2.75, 3.05) is 19.7 Å². The molecule has 1 aromatic carbocycles. The number of ether oxygens (including phenoxy) is 1. The predicted octanol–water partition coefficient (Wildman–Crippen LogP) is 2.02. The number of benzene rings is 1. The quantitative estimate of drug-likeness (QED) is 0.870. The van der Waals surface area contributed by atoms with Crippen molar-refractivity contribution < 1.29 is 9.13 Å². The van der Waals surface area contributed by atoms with Gasteiger partial charge in [0.05, 0.1) is 18.2 Å². The molecule has 2 unspecified atom stereocenters. The van der Waals surface area contributed by atoms with E-state index in [4.69, 9.17) is 4.74 Å². The molecular weight excluding hydrogens is 283 g/mol. The average Bonchev–Trinajstić information content (AvgIpc) is 3.24. The maximum Gasteiger partial charge on any atom is 0.123 e. The van der Waals surface area contributed by atoms with Gasteiger partial charge in [-0.05, 0) is 24.1 Å². The van der Waals surface area contributed by atoms with Gasteiger partial charge < -0.3 is 9.30 Å². The van der Waals surface area contributed by atoms with Crippen LogP contribution in [0.2, 0.25) is 0 Å². The second-order valence-corrected chi connectivity index (χ2v) is 6.35. The van der Waals surface area contributed by atoms with Gasteiger partial charge in [0.25, 0.3) is 0 Å². The van der Waals surface area contributed by atoms with E-state index < -0.39 is 0 Å². The molecule has 2 fully saturated rings. The van der Waals surface area contributed by atoms with Crippen LogP contribution in [0.5, 0.6) is 0 Å². The number of rotatable bonds is 3. The van der Waals surface area contributed by atoms with Crippen LogP contribution in [0.1, 0.15) is 24.4 Å². The minimum absolute atomic E-state index is 0.0467. The lowest BCUT2D eigenvalue weighted by Gasteiger charge is -2.23. The van der Waals surface area contributed by atoms with Crippen molar-refractivity contribution in [1.82, 2.24) is 19.7 Å². The van der Waals surface area contributed by atoms with E-state index in [0.29, 0.717) is 6.04 Å². The first kappa shape index (κ1) is 13.8. The van der Waals surface area contributed by atoms with E-state index in [1.165, 1.54) is 12.1 Å². The molecule has 22 heavy (non-hydrogen) atoms. The van der Waals surface area contributed by atoms with E-state index in [2.05, 4.69) is 15.1 Å². The number of halogens is 1. The molecule has 1 aromatic heterocycles. The highest BCUT2D eigenvalue weighted by molar-refractivity contribution is 5.16. The molecule has 2 atom stereocenters. The summed E-state index contributed by atoms with van der Waals surface area (Å²) in [6, 6.07) is 7.09. The molecule has 2 saturated heterocycles. The standard InChI is InChI=1S/C16H19FN4O/c17-14-3-1-13(2-4-14)8-20-6-5-16(10-20)7-15(9-22-16)21-11-18-19-12-21/h1-4,11-12,15H,5-10H2. The fourth-order valence-corrected chi connectivity index (χ4v) is 3.60. The van der Waals surface area contributed by atoms with Crippen molar-refractivity contribution in [1.29, 1.82) is 0 Å². The van der Waals surface area contributed by atoms with E-state index in [9.17, 15) is 4.39 Å². The SMILES string of the molecule is Fc1ccc(CN2CCC3(CC(n4cnnc4)CO3)C2)cc1. The molecule has 0 amide bonds. The molecule has 0 radical (unpaired) electrons. The third-order valence-electron chi connectivity index (χ3n) is 4.76. The summed E-state index contributed by atoms with van der Waals surface area (Å²) >= 11 is 0. The molecule has 1 spiro atoms. The Morgan fingerprint density at radius 2 is 2.00 bits per heavy atom. The molecule has 0 bridgehead atoms. The zero-order valence-corrected chi connectivity index (χ0v) is 12.4. The minimum Gasteiger partial charge on any atom is -0.371 e. The van der Waals surface area contributed by atoms with Crippen LogP contribution in [0, 0.1) is 5.82 Å². The lowest BCUT2D eigenvalue weighted by Crippen LogP contribution is -2.32. The van der Waals surface area contributed by atoms with E-state index in [1.807, 2.05) is 16.7 Å². The first-order valence-electron chi connectivity index (χ1n) is 7.67. The molecule has 0 N–H and O–H groups in total. The molecule has 2 aromatic rings. The van der Waals surface area contributed by atoms with Crippen LogP contribution in [0.3, 0.4) is 0 Å². The van der Waals surface area contributed by atoms with Gasteiger partial charge in [-0.1, -0.05) is 12.1 Å². The van der Waals surface area contributed by atoms with Crippen molar-refractivity contribution in [2.24, 2.45) is 0 Å². The summed E-state index contributed by atoms with van der Waals surface area (Å²) in [7, 11) is 0. The summed E-state index contributed by atoms with van der Waals surface area (Å²) in [6.07, 6.45) is 5.58. The molecule has 5 nitrogen and oxygen atoms in total. The van der Waals surface area contributed by atoms with Crippen molar-refractivity contribution >= 4 is 0 Å². The summed E-state index contributed by atoms with van der Waals surface area (Å²) < 4.78 is 21.2. The molecule has 3 heterocycles. The maximum atomic E-state index is 13.0. The topological polar surface area (TPSA) is 43.2 Å². The number of aromatic nitrogens is 3. The Bertz CT molecular complexity index is 630. The third-order valence-corrected chi connectivity index (χ3v) is 4.76. The zero-order chi connectivity index (χ0) is 15.0. The average molecular weight is 302 g/mol. The van der Waals surface area contributed by atoms with Crippen molar-refractivity contribution in [3.8, 4) is 0 Å². The molecule has 0 aliphatic carbocycles. The largest absolute Gasteiger partial charge is 0.371 e. The van der Waals surface area contributed by atoms with Gasteiger partial charge >= 0.3 is 0 Å². The Morgan fingerprint density at radius 3 is 2.77 bits per heavy atom. The fourth-order valence-electron chi connectivity index (χ4n) is 3.60. The summed E-state index contributed by atoms with van der Waals surface area (Å²) in [6.45, 7) is 3.53. The highest BCUT2D eigenvalue weighted by Gasteiger charge is 2.45. The molecule has 116 valence electrons. The predicted molar refractivity (Wildman–Crippen MR) is 78.7 cm³/mol. The van der Waals surface area contributed by atoms with Crippen LogP contribution >= 0.6 is 0 Å². The smallest absolute Gasteiger partial charge is 0.123 e. The molecule has 2 aliphatic rings. The Balaban J connectivity index is 1.39. The molecule has 2 aliphatic heterocycles. The fraction of sp³-hybridized carbons (Fsp3) is 0.500. The lowest BCUT2D eigenvalue weighted by molar-refractivity contribution is 0.0112. The van der Waals surface area contributed by atoms with Gasteiger partial charge in [0.1, 0.15) is 18.5 Å². The van der Waals surface area contributed by atoms with Crippen molar-refractivity contribution in [3.05, 3.63) is 48.3 Å². The van der Waals surface area contributed by atoms with Gasteiger partial charge in [-0.15, -0.1) is 10.2 Å². The Morgan fingerprint density at radius 1 is 1.23 bits per heavy atom. The summed E-state index contributed by atoms with van der Waals surface area (Å²) in [5.41, 5.74) is 1.10. The van der Waals surface area contributed by atoms with Crippen LogP contribution < -0.4 is 0 Å². The Kier molecular flexibility index (Phi) is 3.43. The summed E-state index contributed by atoms with van der Waals surface area (Å²) in [5.74, 6) is -0.183. The highest BCUT2D eigenvalue weighted by atomic mass is 19.1. The van der Waals surface area contributed by atoms with Gasteiger partial charge in [0.2, 0.25) is 0 Å². The zero-order valence-electron chi connectivity index (χ0n) is 12.4. The van der Waals surface area contributed by atoms with Gasteiger partial charge in [-0.25, -0.2) is 4.39 Å². The Labute approximate surface area is 128 Å². The second kappa shape index (κ2) is 5.44. The van der Waals surface area contributed by atoms with Crippen LogP contribution in [-0.4, -0.2) is 45.0 Å². The monoisotopic (exact) mass is 302 g/mol. The van der Waals surface area contributed by atoms with Crippen LogP contribution in [0.25, 0.3) is 0 Å². The van der Waals surface area contributed by atoms with E-state index in [0.717, 1.165) is 44.6 Å². The lowest BCUT2D eigenvalue weighted by atomic mass is 9.97. The molecular formula is C16H19FN4O. The summed E-state index contributed by atoms with van der Waals surface area (Å²) in [4.78, 5) is 2.39. The third kappa shape index (κ3) is 2.64. The highest BCUT2D eigenvalue weighted by Crippen LogP contribution is 2.40. The van der Waals surface area contributed by atoms with Crippen LogP contribution in [0.4, 0.5) is 4.39 Å². The van der Waals surface area contributed by atoms with Gasteiger partial charge in [-0.3, -0.25) is 4.90 Å². The Hall–Kier alpha value is -1.79. The van der Waals surface area contributed by atoms with Crippen LogP contribution in [0.15, 0.2) is 36.9 Å². The minimum atomic E-state index is -0.183. The molecule has 0 saturated carbocycles. The number of hydrogen-bond donors (Lipinski definition) is 0. The van der Waals surface area contributed by atoms with Gasteiger partial charge in [0, 0.05) is 26.1 Å². The summed E-state index contributed by atoms with van der Waals surface area (Å²) in [5, 5.41) is 7.75. The number of nitrogens with zero attached hydrogens (tertiary/aromatic N) is 4.